The van der Waals surface area contributed by atoms with E-state index in [1.165, 1.54) is 11.0 Å². The van der Waals surface area contributed by atoms with E-state index in [4.69, 9.17) is 5.26 Å². The van der Waals surface area contributed by atoms with Gasteiger partial charge in [0.05, 0.1) is 17.7 Å². The molecule has 1 aromatic carbocycles. The molecular formula is C25H27F2N5O3. The highest BCUT2D eigenvalue weighted by atomic mass is 19.2. The van der Waals surface area contributed by atoms with Gasteiger partial charge in [0, 0.05) is 50.8 Å². The second-order valence-electron chi connectivity index (χ2n) is 8.94. The third-order valence-corrected chi connectivity index (χ3v) is 7.00. The number of carboxylic acid groups (broad SMARTS) is 1. The first-order valence-corrected chi connectivity index (χ1v) is 11.7. The number of halogens is 2. The lowest BCUT2D eigenvalue weighted by Gasteiger charge is -2.34. The maximum Gasteiger partial charge on any atom is 0.407 e. The molecule has 3 heterocycles. The highest BCUT2D eigenvalue weighted by molar-refractivity contribution is 5.80. The Hall–Kier alpha value is -3.74. The van der Waals surface area contributed by atoms with E-state index in [-0.39, 0.29) is 31.5 Å². The van der Waals surface area contributed by atoms with Gasteiger partial charge >= 0.3 is 6.09 Å². The van der Waals surface area contributed by atoms with Gasteiger partial charge in [0.2, 0.25) is 5.91 Å². The zero-order valence-electron chi connectivity index (χ0n) is 19.4. The van der Waals surface area contributed by atoms with Crippen molar-refractivity contribution in [3.8, 4) is 6.07 Å². The minimum Gasteiger partial charge on any atom is -0.465 e. The van der Waals surface area contributed by atoms with Gasteiger partial charge in [-0.1, -0.05) is 6.07 Å². The summed E-state index contributed by atoms with van der Waals surface area (Å²) < 4.78 is 27.5. The van der Waals surface area contributed by atoms with Crippen LogP contribution >= 0.6 is 0 Å². The van der Waals surface area contributed by atoms with Gasteiger partial charge < -0.3 is 19.8 Å². The molecule has 2 atom stereocenters. The molecule has 2 saturated heterocycles. The normalized spacial score (nSPS) is 20.5. The first-order valence-electron chi connectivity index (χ1n) is 11.7. The number of nitriles is 1. The van der Waals surface area contributed by atoms with Gasteiger partial charge in [0.15, 0.2) is 11.6 Å². The molecule has 1 aromatic heterocycles. The van der Waals surface area contributed by atoms with Crippen LogP contribution in [0, 0.1) is 28.9 Å². The molecule has 4 rings (SSSR count). The van der Waals surface area contributed by atoms with Gasteiger partial charge in [0.25, 0.3) is 0 Å². The molecule has 0 spiro atoms. The van der Waals surface area contributed by atoms with Gasteiger partial charge in [-0.3, -0.25) is 4.79 Å². The second kappa shape index (κ2) is 10.3. The summed E-state index contributed by atoms with van der Waals surface area (Å²) >= 11 is 0. The Labute approximate surface area is 202 Å². The largest absolute Gasteiger partial charge is 0.465 e. The zero-order valence-corrected chi connectivity index (χ0v) is 19.4. The van der Waals surface area contributed by atoms with E-state index in [0.29, 0.717) is 42.9 Å². The predicted octanol–water partition coefficient (Wildman–Crippen LogP) is 3.44. The van der Waals surface area contributed by atoms with Crippen LogP contribution in [-0.2, 0) is 4.79 Å². The van der Waals surface area contributed by atoms with Crippen molar-refractivity contribution in [3.63, 3.8) is 0 Å². The average Bonchev–Trinajstić information content (AvgIpc) is 3.30. The molecule has 10 heteroatoms. The highest BCUT2D eigenvalue weighted by Crippen LogP contribution is 2.34. The fourth-order valence-corrected chi connectivity index (χ4v) is 5.14. The Morgan fingerprint density at radius 3 is 2.54 bits per heavy atom. The Morgan fingerprint density at radius 1 is 1.17 bits per heavy atom. The molecule has 2 amide bonds. The van der Waals surface area contributed by atoms with Gasteiger partial charge in [-0.2, -0.15) is 5.26 Å². The number of hydrogen-bond donors (Lipinski definition) is 1. The van der Waals surface area contributed by atoms with E-state index >= 15 is 0 Å². The molecule has 0 radical (unpaired) electrons. The zero-order chi connectivity index (χ0) is 25.1. The molecule has 2 aromatic rings. The summed E-state index contributed by atoms with van der Waals surface area (Å²) in [6, 6.07) is 8.51. The van der Waals surface area contributed by atoms with Crippen molar-refractivity contribution in [3.05, 3.63) is 59.3 Å². The lowest BCUT2D eigenvalue weighted by atomic mass is 9.93. The van der Waals surface area contributed by atoms with Crippen molar-refractivity contribution >= 4 is 17.8 Å². The molecule has 2 aliphatic rings. The number of anilines is 1. The summed E-state index contributed by atoms with van der Waals surface area (Å²) in [5.74, 6) is -2.00. The Balaban J connectivity index is 1.48. The van der Waals surface area contributed by atoms with Crippen molar-refractivity contribution in [2.45, 2.75) is 31.7 Å². The molecule has 0 saturated carbocycles. The molecule has 2 aliphatic heterocycles. The van der Waals surface area contributed by atoms with Crippen LogP contribution in [0.15, 0.2) is 36.5 Å². The van der Waals surface area contributed by atoms with Crippen LogP contribution in [0.4, 0.5) is 19.4 Å². The second-order valence-corrected chi connectivity index (χ2v) is 8.94. The number of hydrogen-bond acceptors (Lipinski definition) is 5. The Morgan fingerprint density at radius 2 is 1.91 bits per heavy atom. The van der Waals surface area contributed by atoms with Gasteiger partial charge in [-0.05, 0) is 49.6 Å². The number of carbonyl (C=O) groups excluding carboxylic acids is 1. The lowest BCUT2D eigenvalue weighted by molar-refractivity contribution is -0.135. The number of benzene rings is 1. The van der Waals surface area contributed by atoms with Crippen LogP contribution in [-0.4, -0.2) is 70.7 Å². The van der Waals surface area contributed by atoms with E-state index in [9.17, 15) is 23.5 Å². The van der Waals surface area contributed by atoms with Crippen molar-refractivity contribution in [1.82, 2.24) is 14.8 Å². The molecule has 1 N–H and O–H groups in total. The summed E-state index contributed by atoms with van der Waals surface area (Å²) in [5, 5.41) is 18.8. The SMILES string of the molecule is CCN(C(=O)O)[C@@H]1CN(C(=O)C2CCN(c3cc(C#N)ccn3)CC2)C[C@H]1c1ccc(F)c(F)c1. The summed E-state index contributed by atoms with van der Waals surface area (Å²) in [5.41, 5.74) is 1.00. The summed E-state index contributed by atoms with van der Waals surface area (Å²) in [6.07, 6.45) is 1.69. The summed E-state index contributed by atoms with van der Waals surface area (Å²) in [6.45, 7) is 3.59. The van der Waals surface area contributed by atoms with Crippen molar-refractivity contribution in [2.24, 2.45) is 5.92 Å². The quantitative estimate of drug-likeness (QED) is 0.699. The van der Waals surface area contributed by atoms with E-state index in [2.05, 4.69) is 11.1 Å². The fourth-order valence-electron chi connectivity index (χ4n) is 5.14. The van der Waals surface area contributed by atoms with Crippen molar-refractivity contribution < 1.29 is 23.5 Å². The number of likely N-dealkylation sites (tertiary alicyclic amines) is 1. The molecule has 35 heavy (non-hydrogen) atoms. The van der Waals surface area contributed by atoms with Crippen LogP contribution in [0.3, 0.4) is 0 Å². The summed E-state index contributed by atoms with van der Waals surface area (Å²) in [4.78, 5) is 34.6. The molecule has 8 nitrogen and oxygen atoms in total. The van der Waals surface area contributed by atoms with Gasteiger partial charge in [-0.15, -0.1) is 0 Å². The van der Waals surface area contributed by atoms with Gasteiger partial charge in [0.1, 0.15) is 5.82 Å². The molecule has 0 unspecified atom stereocenters. The van der Waals surface area contributed by atoms with E-state index in [1.54, 1.807) is 30.2 Å². The molecule has 2 fully saturated rings. The molecule has 0 bridgehead atoms. The molecular weight excluding hydrogens is 456 g/mol. The fraction of sp³-hybridized carbons (Fsp3) is 0.440. The van der Waals surface area contributed by atoms with Crippen molar-refractivity contribution in [2.75, 3.05) is 37.6 Å². The van der Waals surface area contributed by atoms with Crippen LogP contribution < -0.4 is 4.90 Å². The third kappa shape index (κ3) is 5.04. The number of nitrogens with zero attached hydrogens (tertiary/aromatic N) is 5. The number of likely N-dealkylation sites (N-methyl/N-ethyl adjacent to an activating group) is 1. The monoisotopic (exact) mass is 483 g/mol. The Bertz CT molecular complexity index is 1150. The summed E-state index contributed by atoms with van der Waals surface area (Å²) in [7, 11) is 0. The van der Waals surface area contributed by atoms with Crippen LogP contribution in [0.5, 0.6) is 0 Å². The third-order valence-electron chi connectivity index (χ3n) is 7.00. The average molecular weight is 484 g/mol. The number of carbonyl (C=O) groups is 2. The first kappa shape index (κ1) is 24.4. The first-order chi connectivity index (χ1) is 16.8. The number of rotatable bonds is 5. The number of pyridine rings is 1. The van der Waals surface area contributed by atoms with Crippen LogP contribution in [0.2, 0.25) is 0 Å². The van der Waals surface area contributed by atoms with Crippen LogP contribution in [0.25, 0.3) is 0 Å². The molecule has 184 valence electrons. The lowest BCUT2D eigenvalue weighted by Crippen LogP contribution is -2.45. The number of amides is 2. The maximum absolute atomic E-state index is 14.0. The predicted molar refractivity (Wildman–Crippen MR) is 124 cm³/mol. The van der Waals surface area contributed by atoms with Gasteiger partial charge in [-0.25, -0.2) is 18.6 Å². The molecule has 0 aliphatic carbocycles. The maximum atomic E-state index is 14.0. The van der Waals surface area contributed by atoms with Crippen molar-refractivity contribution in [1.29, 1.82) is 5.26 Å². The number of piperidine rings is 1. The minimum atomic E-state index is -1.11. The van der Waals surface area contributed by atoms with E-state index < -0.39 is 29.7 Å². The minimum absolute atomic E-state index is 0.0556. The van der Waals surface area contributed by atoms with E-state index in [0.717, 1.165) is 12.1 Å². The Kier molecular flexibility index (Phi) is 7.15. The van der Waals surface area contributed by atoms with Crippen LogP contribution in [0.1, 0.15) is 36.8 Å². The smallest absolute Gasteiger partial charge is 0.407 e. The topological polar surface area (TPSA) is 101 Å². The highest BCUT2D eigenvalue weighted by Gasteiger charge is 2.43. The van der Waals surface area contributed by atoms with E-state index in [1.807, 2.05) is 4.90 Å². The number of aromatic nitrogens is 1. The standard InChI is InChI=1S/C25H27F2N5O3/c1-2-32(25(34)35)22-15-31(14-19(22)18-3-4-20(26)21(27)12-18)24(33)17-6-9-30(10-7-17)23-11-16(13-28)5-8-29-23/h3-5,8,11-12,17,19,22H,2,6-7,9-10,14-15H2,1H3,(H,34,35)/t19-,22+/m0/s1.